The third-order valence-electron chi connectivity index (χ3n) is 9.14. The summed E-state index contributed by atoms with van der Waals surface area (Å²) in [7, 11) is 1.74. The molecule has 9 heteroatoms. The lowest BCUT2D eigenvalue weighted by atomic mass is 9.86. The van der Waals surface area contributed by atoms with Gasteiger partial charge in [0.1, 0.15) is 5.65 Å². The Morgan fingerprint density at radius 1 is 1.00 bits per heavy atom. The monoisotopic (exact) mass is 581 g/mol. The van der Waals surface area contributed by atoms with Crippen molar-refractivity contribution in [3.8, 4) is 22.4 Å². The van der Waals surface area contributed by atoms with Crippen LogP contribution < -0.4 is 0 Å². The number of aromatic nitrogens is 2. The van der Waals surface area contributed by atoms with Crippen LogP contribution in [0.5, 0.6) is 0 Å². The van der Waals surface area contributed by atoms with Crippen LogP contribution in [0.4, 0.5) is 5.69 Å². The number of pyridine rings is 1. The van der Waals surface area contributed by atoms with Gasteiger partial charge in [-0.15, -0.1) is 0 Å². The van der Waals surface area contributed by atoms with Crippen molar-refractivity contribution in [2.45, 2.75) is 52.2 Å². The van der Waals surface area contributed by atoms with Crippen LogP contribution in [0.2, 0.25) is 0 Å². The number of piperazine rings is 1. The van der Waals surface area contributed by atoms with Gasteiger partial charge in [-0.3, -0.25) is 19.8 Å². The zero-order valence-corrected chi connectivity index (χ0v) is 25.2. The average molecular weight is 582 g/mol. The van der Waals surface area contributed by atoms with Crippen LogP contribution in [-0.2, 0) is 16.1 Å². The van der Waals surface area contributed by atoms with Gasteiger partial charge in [0, 0.05) is 69.6 Å². The third-order valence-corrected chi connectivity index (χ3v) is 9.14. The topological polar surface area (TPSA) is 93.2 Å². The molecule has 2 aliphatic rings. The van der Waals surface area contributed by atoms with E-state index in [4.69, 9.17) is 9.72 Å². The van der Waals surface area contributed by atoms with Gasteiger partial charge in [-0.1, -0.05) is 30.2 Å². The van der Waals surface area contributed by atoms with Crippen molar-refractivity contribution in [1.82, 2.24) is 19.2 Å². The Morgan fingerprint density at radius 2 is 1.74 bits per heavy atom. The highest BCUT2D eigenvalue weighted by Crippen LogP contribution is 2.32. The molecule has 1 aliphatic carbocycles. The predicted molar refractivity (Wildman–Crippen MR) is 167 cm³/mol. The van der Waals surface area contributed by atoms with E-state index in [0.717, 1.165) is 66.9 Å². The largest absolute Gasteiger partial charge is 0.381 e. The van der Waals surface area contributed by atoms with Gasteiger partial charge in [0.05, 0.1) is 22.4 Å². The minimum absolute atomic E-state index is 0.0567. The number of amides is 1. The normalized spacial score (nSPS) is 19.6. The second-order valence-corrected chi connectivity index (χ2v) is 12.0. The number of nitrogens with zero attached hydrogens (tertiary/aromatic N) is 5. The SMILES string of the molecule is CO[C@H]1CCC[C@@H](C(=O)N2CCN(Cc3c(-c4ccc([N+](=O)[O-])cc4)nc4ccc(-c5cc(C)ccc5C)cn34)CC2)C1. The summed E-state index contributed by atoms with van der Waals surface area (Å²) >= 11 is 0. The smallest absolute Gasteiger partial charge is 0.269 e. The van der Waals surface area contributed by atoms with Gasteiger partial charge in [0.25, 0.3) is 5.69 Å². The molecular weight excluding hydrogens is 542 g/mol. The summed E-state index contributed by atoms with van der Waals surface area (Å²) in [6.07, 6.45) is 6.18. The minimum Gasteiger partial charge on any atom is -0.381 e. The number of imidazole rings is 1. The minimum atomic E-state index is -0.381. The lowest BCUT2D eigenvalue weighted by molar-refractivity contribution is -0.384. The Morgan fingerprint density at radius 3 is 2.47 bits per heavy atom. The molecular formula is C34H39N5O4. The number of hydrogen-bond donors (Lipinski definition) is 0. The molecule has 0 N–H and O–H groups in total. The molecule has 1 saturated heterocycles. The lowest BCUT2D eigenvalue weighted by Gasteiger charge is -2.38. The predicted octanol–water partition coefficient (Wildman–Crippen LogP) is 6.04. The fourth-order valence-electron chi connectivity index (χ4n) is 6.60. The number of rotatable bonds is 7. The van der Waals surface area contributed by atoms with Gasteiger partial charge in [0.15, 0.2) is 0 Å². The first-order chi connectivity index (χ1) is 20.8. The number of fused-ring (bicyclic) bond motifs is 1. The molecule has 1 saturated carbocycles. The van der Waals surface area contributed by atoms with Gasteiger partial charge >= 0.3 is 0 Å². The van der Waals surface area contributed by atoms with Crippen LogP contribution in [0.25, 0.3) is 28.0 Å². The van der Waals surface area contributed by atoms with Crippen molar-refractivity contribution >= 4 is 17.2 Å². The molecule has 1 aliphatic heterocycles. The maximum absolute atomic E-state index is 13.3. The van der Waals surface area contributed by atoms with Crippen LogP contribution in [0.1, 0.15) is 42.5 Å². The fraction of sp³-hybridized carbons (Fsp3) is 0.412. The van der Waals surface area contributed by atoms with Crippen molar-refractivity contribution in [3.63, 3.8) is 0 Å². The molecule has 0 bridgehead atoms. The third kappa shape index (κ3) is 6.05. The zero-order valence-electron chi connectivity index (χ0n) is 25.2. The number of hydrogen-bond acceptors (Lipinski definition) is 6. The van der Waals surface area contributed by atoms with E-state index in [9.17, 15) is 14.9 Å². The summed E-state index contributed by atoms with van der Waals surface area (Å²) in [6, 6.07) is 17.3. The number of nitro groups is 1. The molecule has 0 unspecified atom stereocenters. The first-order valence-corrected chi connectivity index (χ1v) is 15.2. The molecule has 2 atom stereocenters. The van der Waals surface area contributed by atoms with E-state index >= 15 is 0 Å². The van der Waals surface area contributed by atoms with E-state index in [1.54, 1.807) is 19.2 Å². The van der Waals surface area contributed by atoms with Crippen molar-refractivity contribution in [2.24, 2.45) is 5.92 Å². The zero-order chi connectivity index (χ0) is 30.1. The Kier molecular flexibility index (Phi) is 8.27. The second kappa shape index (κ2) is 12.3. The average Bonchev–Trinajstić information content (AvgIpc) is 3.39. The first-order valence-electron chi connectivity index (χ1n) is 15.2. The van der Waals surface area contributed by atoms with E-state index in [1.807, 2.05) is 11.0 Å². The number of non-ortho nitro benzene ring substituents is 1. The molecule has 2 fully saturated rings. The number of methoxy groups -OCH3 is 1. The van der Waals surface area contributed by atoms with E-state index < -0.39 is 0 Å². The Labute approximate surface area is 252 Å². The van der Waals surface area contributed by atoms with Gasteiger partial charge < -0.3 is 14.0 Å². The molecule has 3 heterocycles. The van der Waals surface area contributed by atoms with Crippen molar-refractivity contribution in [2.75, 3.05) is 33.3 Å². The Hall–Kier alpha value is -4.08. The van der Waals surface area contributed by atoms with Gasteiger partial charge in [0.2, 0.25) is 5.91 Å². The van der Waals surface area contributed by atoms with Crippen LogP contribution >= 0.6 is 0 Å². The van der Waals surface area contributed by atoms with Crippen LogP contribution in [0, 0.1) is 29.9 Å². The highest BCUT2D eigenvalue weighted by molar-refractivity contribution is 5.79. The highest BCUT2D eigenvalue weighted by atomic mass is 16.6. The summed E-state index contributed by atoms with van der Waals surface area (Å²) < 4.78 is 7.73. The molecule has 0 spiro atoms. The molecule has 2 aromatic heterocycles. The van der Waals surface area contributed by atoms with Gasteiger partial charge in [-0.05, 0) is 74.1 Å². The first kappa shape index (κ1) is 29.0. The van der Waals surface area contributed by atoms with Crippen LogP contribution in [0.15, 0.2) is 60.8 Å². The quantitative estimate of drug-likeness (QED) is 0.195. The molecule has 0 radical (unpaired) electrons. The Bertz CT molecular complexity index is 1640. The molecule has 43 heavy (non-hydrogen) atoms. The number of ether oxygens (including phenoxy) is 1. The summed E-state index contributed by atoms with van der Waals surface area (Å²) in [5.41, 5.74) is 8.29. The van der Waals surface area contributed by atoms with E-state index in [0.29, 0.717) is 19.6 Å². The summed E-state index contributed by atoms with van der Waals surface area (Å²) in [4.78, 5) is 33.7. The summed E-state index contributed by atoms with van der Waals surface area (Å²) in [5, 5.41) is 11.3. The summed E-state index contributed by atoms with van der Waals surface area (Å²) in [6.45, 7) is 7.83. The van der Waals surface area contributed by atoms with Crippen molar-refractivity contribution in [1.29, 1.82) is 0 Å². The number of benzene rings is 2. The number of aryl methyl sites for hydroxylation is 2. The number of carbonyl (C=O) groups excluding carboxylic acids is 1. The number of nitro benzene ring substituents is 1. The highest BCUT2D eigenvalue weighted by Gasteiger charge is 2.32. The molecule has 9 nitrogen and oxygen atoms in total. The van der Waals surface area contributed by atoms with Crippen molar-refractivity contribution in [3.05, 3.63) is 87.7 Å². The molecule has 224 valence electrons. The van der Waals surface area contributed by atoms with E-state index in [1.165, 1.54) is 28.8 Å². The Balaban J connectivity index is 1.29. The molecule has 4 aromatic rings. The molecule has 1 amide bonds. The summed E-state index contributed by atoms with van der Waals surface area (Å²) in [5.74, 6) is 0.321. The molecule has 6 rings (SSSR count). The van der Waals surface area contributed by atoms with E-state index in [-0.39, 0.29) is 28.5 Å². The van der Waals surface area contributed by atoms with Gasteiger partial charge in [-0.25, -0.2) is 4.98 Å². The van der Waals surface area contributed by atoms with Crippen LogP contribution in [0.3, 0.4) is 0 Å². The van der Waals surface area contributed by atoms with E-state index in [2.05, 4.69) is 53.6 Å². The maximum atomic E-state index is 13.3. The maximum Gasteiger partial charge on any atom is 0.269 e. The standard InChI is InChI=1S/C34H39N5O4/c1-23-7-8-24(2)30(19-23)27-11-14-32-35-33(25-9-12-28(13-10-25)39(41)42)31(38(32)21-27)22-36-15-17-37(18-16-36)34(40)26-5-4-6-29(20-26)43-3/h7-14,19,21,26,29H,4-6,15-18,20,22H2,1-3H3/t26-,29+/m1/s1. The molecule has 2 aromatic carbocycles. The van der Waals surface area contributed by atoms with Gasteiger partial charge in [-0.2, -0.15) is 0 Å². The lowest BCUT2D eigenvalue weighted by Crippen LogP contribution is -2.50. The second-order valence-electron chi connectivity index (χ2n) is 12.0. The van der Waals surface area contributed by atoms with Crippen LogP contribution in [-0.4, -0.2) is 69.4 Å². The number of carbonyl (C=O) groups is 1. The fourth-order valence-corrected chi connectivity index (χ4v) is 6.60. The van der Waals surface area contributed by atoms with Crippen molar-refractivity contribution < 1.29 is 14.5 Å².